The van der Waals surface area contributed by atoms with Crippen molar-refractivity contribution in [1.82, 2.24) is 0 Å². The van der Waals surface area contributed by atoms with Crippen molar-refractivity contribution in [3.8, 4) is 89.5 Å². The molecular formula is C98H108N4+4. The van der Waals surface area contributed by atoms with E-state index >= 15 is 0 Å². The molecule has 8 aromatic carbocycles. The van der Waals surface area contributed by atoms with Crippen molar-refractivity contribution in [2.45, 2.75) is 177 Å². The van der Waals surface area contributed by atoms with Crippen LogP contribution in [-0.4, -0.2) is 0 Å². The highest BCUT2D eigenvalue weighted by Crippen LogP contribution is 2.51. The maximum Gasteiger partial charge on any atom is 0.213 e. The molecule has 4 heteroatoms. The summed E-state index contributed by atoms with van der Waals surface area (Å²) in [5, 5.41) is 0. The van der Waals surface area contributed by atoms with Gasteiger partial charge in [-0.15, -0.1) is 0 Å². The van der Waals surface area contributed by atoms with Crippen molar-refractivity contribution in [2.75, 3.05) is 0 Å². The number of hydrogen-bond donors (Lipinski definition) is 0. The fourth-order valence-corrected chi connectivity index (χ4v) is 18.1. The number of hydrogen-bond acceptors (Lipinski definition) is 0. The van der Waals surface area contributed by atoms with Gasteiger partial charge in [-0.2, -0.15) is 0 Å². The Bertz CT molecular complexity index is 5490. The maximum absolute atomic E-state index is 2.38. The molecule has 0 saturated heterocycles. The first-order valence-electron chi connectivity index (χ1n) is 37.2. The molecule has 12 aromatic rings. The molecule has 4 heterocycles. The summed E-state index contributed by atoms with van der Waals surface area (Å²) in [5.41, 5.74) is 61.9. The second kappa shape index (κ2) is 27.3. The van der Waals surface area contributed by atoms with E-state index in [0.717, 1.165) is 25.7 Å². The first-order valence-corrected chi connectivity index (χ1v) is 37.2. The van der Waals surface area contributed by atoms with Crippen LogP contribution in [-0.2, 0) is 53.9 Å². The van der Waals surface area contributed by atoms with E-state index < -0.39 is 0 Å². The van der Waals surface area contributed by atoms with E-state index in [4.69, 9.17) is 0 Å². The predicted molar refractivity (Wildman–Crippen MR) is 429 cm³/mol. The Balaban J connectivity index is 0.000000121. The standard InChI is InChI=1S/C26H30N.3C24H26N/c1-15(2)21-10-8-9-20-13-22-24(17(4)11-18(5)25(22)26(20)21)23-12-16(3)19(6)14-27(23)7;1-14-7-8-20-19(9-14)12-21-23(20)16(3)10-17(4)24(21)22-11-15(2)18(5)13-25(22)6;1-14-7-8-19-12-21-23(20(19)9-14)16(3)10-17(4)24(21)22-11-15(2)18(5)13-25(22)6;1-14-8-7-9-19-20(14)12-21-23(19)16(3)10-17(4)24(21)22-11-15(2)18(5)13-25(22)6/h8-12,14-15H,13H2,1-7H3;3*7-11,13H,12H2,1-6H3/q4*+1. The van der Waals surface area contributed by atoms with Crippen molar-refractivity contribution < 1.29 is 18.3 Å². The number of fused-ring (bicyclic) bond motifs is 12. The first-order chi connectivity index (χ1) is 48.4. The Morgan fingerprint density at radius 3 is 1.04 bits per heavy atom. The van der Waals surface area contributed by atoms with Crippen LogP contribution in [0.25, 0.3) is 89.5 Å². The van der Waals surface area contributed by atoms with Gasteiger partial charge in [-0.05, 0) is 330 Å². The smallest absolute Gasteiger partial charge is 0.201 e. The number of pyridine rings is 4. The van der Waals surface area contributed by atoms with E-state index in [9.17, 15) is 0 Å². The molecule has 0 fully saturated rings. The highest BCUT2D eigenvalue weighted by atomic mass is 14.9. The molecule has 102 heavy (non-hydrogen) atoms. The lowest BCUT2D eigenvalue weighted by atomic mass is 9.87. The Labute approximate surface area is 611 Å². The van der Waals surface area contributed by atoms with Crippen LogP contribution in [0.4, 0.5) is 0 Å². The van der Waals surface area contributed by atoms with Crippen LogP contribution < -0.4 is 18.3 Å². The summed E-state index contributed by atoms with van der Waals surface area (Å²) in [6.07, 6.45) is 13.2. The van der Waals surface area contributed by atoms with E-state index in [0.29, 0.717) is 5.92 Å². The molecule has 0 saturated carbocycles. The van der Waals surface area contributed by atoms with E-state index in [1.54, 1.807) is 0 Å². The van der Waals surface area contributed by atoms with Gasteiger partial charge in [0.05, 0.1) is 22.3 Å². The third-order valence-corrected chi connectivity index (χ3v) is 23.6. The third-order valence-electron chi connectivity index (χ3n) is 23.6. The molecule has 4 aliphatic carbocycles. The van der Waals surface area contributed by atoms with Crippen LogP contribution in [0.3, 0.4) is 0 Å². The van der Waals surface area contributed by atoms with Crippen LogP contribution in [0.1, 0.15) is 176 Å². The minimum Gasteiger partial charge on any atom is -0.201 e. The van der Waals surface area contributed by atoms with E-state index in [1.807, 2.05) is 0 Å². The zero-order chi connectivity index (χ0) is 73.1. The van der Waals surface area contributed by atoms with E-state index in [1.165, 1.54) is 245 Å². The molecule has 0 bridgehead atoms. The number of benzene rings is 8. The largest absolute Gasteiger partial charge is 0.213 e. The summed E-state index contributed by atoms with van der Waals surface area (Å²) in [7, 11) is 8.68. The number of aromatic nitrogens is 4. The maximum atomic E-state index is 2.38. The first kappa shape index (κ1) is 70.8. The minimum absolute atomic E-state index is 0.535. The van der Waals surface area contributed by atoms with E-state index in [2.05, 4.69) is 338 Å². The molecule has 4 aliphatic rings. The molecule has 0 N–H and O–H groups in total. The number of nitrogens with zero attached hydrogens (tertiary/aromatic N) is 4. The monoisotopic (exact) mass is 1340 g/mol. The molecule has 4 aromatic heterocycles. The molecule has 0 aliphatic heterocycles. The van der Waals surface area contributed by atoms with Crippen LogP contribution in [0.15, 0.2) is 146 Å². The summed E-state index contributed by atoms with van der Waals surface area (Å²) >= 11 is 0. The van der Waals surface area contributed by atoms with Gasteiger partial charge in [-0.3, -0.25) is 0 Å². The lowest BCUT2D eigenvalue weighted by Crippen LogP contribution is -2.32. The normalized spacial score (nSPS) is 12.3. The van der Waals surface area contributed by atoms with Crippen molar-refractivity contribution in [1.29, 1.82) is 0 Å². The van der Waals surface area contributed by atoms with Gasteiger partial charge in [0.25, 0.3) is 0 Å². The zero-order valence-corrected chi connectivity index (χ0v) is 66.1. The van der Waals surface area contributed by atoms with Gasteiger partial charge >= 0.3 is 0 Å². The van der Waals surface area contributed by atoms with Gasteiger partial charge in [0.15, 0.2) is 24.8 Å². The second-order valence-electron chi connectivity index (χ2n) is 31.7. The Hall–Kier alpha value is -9.64. The van der Waals surface area contributed by atoms with Crippen molar-refractivity contribution >= 4 is 0 Å². The molecule has 0 amide bonds. The fourth-order valence-electron chi connectivity index (χ4n) is 18.1. The quantitative estimate of drug-likeness (QED) is 0.153. The SMILES string of the molecule is Cc1cc(-c2c(C)cc(C)c3c2Cc2c(C)cccc2-3)[n+](C)cc1C.Cc1cc(-c2c(C)cc(C)c3c2Cc2cccc(C(C)C)c2-3)[n+](C)cc1C.Cc1ccc2c(c1)-c1c(C)cc(C)c(-c3cc(C)c(C)c[n+]3C)c1C2.Cc1ccc2c(c1)Cc1c-2c(C)cc(C)c1-c1cc(C)c(C)c[n+]1C. The average molecular weight is 1340 g/mol. The molecular weight excluding hydrogens is 1230 g/mol. The summed E-state index contributed by atoms with van der Waals surface area (Å²) in [4.78, 5) is 0. The van der Waals surface area contributed by atoms with E-state index in [-0.39, 0.29) is 0 Å². The second-order valence-corrected chi connectivity index (χ2v) is 31.7. The van der Waals surface area contributed by atoms with Crippen molar-refractivity contribution in [3.63, 3.8) is 0 Å². The molecule has 516 valence electrons. The van der Waals surface area contributed by atoms with Gasteiger partial charge in [0.1, 0.15) is 28.2 Å². The van der Waals surface area contributed by atoms with Crippen LogP contribution in [0.2, 0.25) is 0 Å². The zero-order valence-electron chi connectivity index (χ0n) is 66.1. The molecule has 0 spiro atoms. The highest BCUT2D eigenvalue weighted by molar-refractivity contribution is 5.92. The summed E-state index contributed by atoms with van der Waals surface area (Å²) in [6, 6.07) is 46.3. The van der Waals surface area contributed by atoms with Crippen LogP contribution in [0, 0.1) is 132 Å². The van der Waals surface area contributed by atoms with Gasteiger partial charge in [0.2, 0.25) is 22.8 Å². The summed E-state index contributed by atoms with van der Waals surface area (Å²) in [6.45, 7) is 46.9. The van der Waals surface area contributed by atoms with Crippen LogP contribution >= 0.6 is 0 Å². The molecule has 0 radical (unpaired) electrons. The minimum atomic E-state index is 0.535. The highest BCUT2D eigenvalue weighted by Gasteiger charge is 2.34. The predicted octanol–water partition coefficient (Wildman–Crippen LogP) is 22.0. The topological polar surface area (TPSA) is 15.5 Å². The molecule has 4 nitrogen and oxygen atoms in total. The Kier molecular flexibility index (Phi) is 18.9. The molecule has 16 rings (SSSR count). The Morgan fingerprint density at radius 2 is 0.588 bits per heavy atom. The molecule has 0 unspecified atom stereocenters. The molecule has 0 atom stereocenters. The number of rotatable bonds is 5. The van der Waals surface area contributed by atoms with Gasteiger partial charge in [-0.25, -0.2) is 18.3 Å². The van der Waals surface area contributed by atoms with Gasteiger partial charge in [-0.1, -0.05) is 122 Å². The van der Waals surface area contributed by atoms with Crippen molar-refractivity contribution in [3.05, 3.63) is 302 Å². The number of aryl methyl sites for hydroxylation is 23. The third kappa shape index (κ3) is 12.5. The van der Waals surface area contributed by atoms with Crippen LogP contribution in [0.5, 0.6) is 0 Å². The van der Waals surface area contributed by atoms with Gasteiger partial charge < -0.3 is 0 Å². The lowest BCUT2D eigenvalue weighted by molar-refractivity contribution is -0.660. The fraction of sp³-hybridized carbons (Fsp3) is 0.306. The summed E-state index contributed by atoms with van der Waals surface area (Å²) in [5.74, 6) is 0.535. The van der Waals surface area contributed by atoms with Crippen molar-refractivity contribution in [2.24, 2.45) is 28.2 Å². The Morgan fingerprint density at radius 1 is 0.235 bits per heavy atom. The van der Waals surface area contributed by atoms with Gasteiger partial charge in [0, 0.05) is 46.5 Å². The summed E-state index contributed by atoms with van der Waals surface area (Å²) < 4.78 is 9.16. The average Bonchev–Trinajstić information content (AvgIpc) is 1.58. The lowest BCUT2D eigenvalue weighted by Gasteiger charge is -2.17.